The first-order valence-corrected chi connectivity index (χ1v) is 12.1. The van der Waals surface area contributed by atoms with Gasteiger partial charge in [-0.1, -0.05) is 12.5 Å². The number of nitrogens with one attached hydrogen (secondary N) is 2. The maximum atomic E-state index is 12.1. The van der Waals surface area contributed by atoms with Crippen LogP contribution in [0.5, 0.6) is 0 Å². The zero-order valence-electron chi connectivity index (χ0n) is 19.8. The second-order valence-electron chi connectivity index (χ2n) is 9.37. The predicted molar refractivity (Wildman–Crippen MR) is 133 cm³/mol. The highest BCUT2D eigenvalue weighted by Crippen LogP contribution is 2.34. The Labute approximate surface area is 200 Å². The molecular formula is C27H31N5O2. The number of carbonyl (C=O) groups is 1. The van der Waals surface area contributed by atoms with Gasteiger partial charge in [0.1, 0.15) is 11.5 Å². The molecule has 0 spiro atoms. The summed E-state index contributed by atoms with van der Waals surface area (Å²) in [4.78, 5) is 25.7. The minimum Gasteiger partial charge on any atom is -0.359 e. The molecule has 0 saturated heterocycles. The van der Waals surface area contributed by atoms with Crippen LogP contribution in [0.4, 0.5) is 11.5 Å². The number of ether oxygens (including phenoxy) is 1. The molecule has 2 aliphatic rings. The van der Waals surface area contributed by atoms with E-state index in [-0.39, 0.29) is 17.6 Å². The zero-order chi connectivity index (χ0) is 23.5. The summed E-state index contributed by atoms with van der Waals surface area (Å²) < 4.78 is 5.92. The van der Waals surface area contributed by atoms with E-state index >= 15 is 0 Å². The first kappa shape index (κ1) is 22.5. The lowest BCUT2D eigenvalue weighted by Crippen LogP contribution is -2.42. The van der Waals surface area contributed by atoms with E-state index in [4.69, 9.17) is 9.72 Å². The third-order valence-corrected chi connectivity index (χ3v) is 6.81. The number of amides is 1. The molecule has 1 aromatic carbocycles. The van der Waals surface area contributed by atoms with E-state index in [1.165, 1.54) is 19.3 Å². The van der Waals surface area contributed by atoms with Crippen molar-refractivity contribution in [2.24, 2.45) is 5.92 Å². The van der Waals surface area contributed by atoms with Crippen LogP contribution in [-0.2, 0) is 9.53 Å². The highest BCUT2D eigenvalue weighted by molar-refractivity contribution is 5.93. The van der Waals surface area contributed by atoms with E-state index in [1.54, 1.807) is 19.5 Å². The topological polar surface area (TPSA) is 89.0 Å². The van der Waals surface area contributed by atoms with E-state index in [2.05, 4.69) is 45.7 Å². The fourth-order valence-electron chi connectivity index (χ4n) is 4.60. The standard InChI is InChI=1S/C27H31N5O2/c1-18-6-9-21(32-27(34-2)12-4-3-5-13-27)17-22(18)23-11-15-29-25(30-23)20-10-14-28-24(16-20)31-26(33)19-7-8-19/h6,9-11,14-17,19,32H,3-5,7-8,12-13H2,1-2H3,(H,28,31,33). The molecule has 0 unspecified atom stereocenters. The average Bonchev–Trinajstić information content (AvgIpc) is 3.72. The fraction of sp³-hybridized carbons (Fsp3) is 0.407. The number of aromatic nitrogens is 3. The maximum Gasteiger partial charge on any atom is 0.228 e. The van der Waals surface area contributed by atoms with Crippen molar-refractivity contribution in [1.82, 2.24) is 15.0 Å². The predicted octanol–water partition coefficient (Wildman–Crippen LogP) is 5.58. The monoisotopic (exact) mass is 457 g/mol. The SMILES string of the molecule is COC1(Nc2ccc(C)c(-c3ccnc(-c4ccnc(NC(=O)C5CC5)c4)n3)c2)CCCCC1. The van der Waals surface area contributed by atoms with E-state index in [0.29, 0.717) is 11.6 Å². The Bertz CT molecular complexity index is 1190. The second-order valence-corrected chi connectivity index (χ2v) is 9.37. The van der Waals surface area contributed by atoms with Gasteiger partial charge in [-0.25, -0.2) is 15.0 Å². The molecule has 2 aromatic heterocycles. The third kappa shape index (κ3) is 4.94. The van der Waals surface area contributed by atoms with Crippen molar-refractivity contribution in [3.63, 3.8) is 0 Å². The van der Waals surface area contributed by atoms with Gasteiger partial charge in [-0.15, -0.1) is 0 Å². The molecule has 7 nitrogen and oxygen atoms in total. The average molecular weight is 458 g/mol. The van der Waals surface area contributed by atoms with Gasteiger partial charge < -0.3 is 15.4 Å². The third-order valence-electron chi connectivity index (χ3n) is 6.81. The first-order chi connectivity index (χ1) is 16.5. The summed E-state index contributed by atoms with van der Waals surface area (Å²) in [7, 11) is 1.79. The Morgan fingerprint density at radius 2 is 1.82 bits per heavy atom. The summed E-state index contributed by atoms with van der Waals surface area (Å²) in [5, 5.41) is 6.55. The Kier molecular flexibility index (Phi) is 6.28. The van der Waals surface area contributed by atoms with Gasteiger partial charge in [0, 0.05) is 42.2 Å². The lowest BCUT2D eigenvalue weighted by molar-refractivity contribution is -0.117. The molecule has 2 fully saturated rings. The van der Waals surface area contributed by atoms with Crippen LogP contribution in [0.3, 0.4) is 0 Å². The number of nitrogens with zero attached hydrogens (tertiary/aromatic N) is 3. The first-order valence-electron chi connectivity index (χ1n) is 12.1. The lowest BCUT2D eigenvalue weighted by atomic mass is 9.91. The van der Waals surface area contributed by atoms with Gasteiger partial charge in [-0.3, -0.25) is 4.79 Å². The fourth-order valence-corrected chi connectivity index (χ4v) is 4.60. The summed E-state index contributed by atoms with van der Waals surface area (Å²) in [6, 6.07) is 12.0. The van der Waals surface area contributed by atoms with Crippen molar-refractivity contribution in [1.29, 1.82) is 0 Å². The van der Waals surface area contributed by atoms with Crippen LogP contribution in [0.25, 0.3) is 22.6 Å². The molecule has 0 bridgehead atoms. The summed E-state index contributed by atoms with van der Waals surface area (Å²) in [6.45, 7) is 2.09. The molecule has 176 valence electrons. The van der Waals surface area contributed by atoms with E-state index in [9.17, 15) is 4.79 Å². The van der Waals surface area contributed by atoms with Gasteiger partial charge in [0.2, 0.25) is 5.91 Å². The smallest absolute Gasteiger partial charge is 0.228 e. The summed E-state index contributed by atoms with van der Waals surface area (Å²) >= 11 is 0. The zero-order valence-corrected chi connectivity index (χ0v) is 19.8. The minimum atomic E-state index is -0.306. The molecule has 0 atom stereocenters. The summed E-state index contributed by atoms with van der Waals surface area (Å²) in [5.74, 6) is 1.29. The quantitative estimate of drug-likeness (QED) is 0.450. The number of hydrogen-bond donors (Lipinski definition) is 2. The number of carbonyl (C=O) groups excluding carboxylic acids is 1. The van der Waals surface area contributed by atoms with Crippen molar-refractivity contribution < 1.29 is 9.53 Å². The lowest BCUT2D eigenvalue weighted by Gasteiger charge is -2.37. The number of aryl methyl sites for hydroxylation is 1. The minimum absolute atomic E-state index is 0.0334. The van der Waals surface area contributed by atoms with Gasteiger partial charge in [-0.2, -0.15) is 0 Å². The normalized spacial score (nSPS) is 17.2. The van der Waals surface area contributed by atoms with E-state index in [0.717, 1.165) is 53.8 Å². The number of benzene rings is 1. The number of anilines is 2. The second kappa shape index (κ2) is 9.50. The van der Waals surface area contributed by atoms with Crippen molar-refractivity contribution in [2.45, 2.75) is 57.6 Å². The van der Waals surface area contributed by atoms with Gasteiger partial charge in [0.25, 0.3) is 0 Å². The van der Waals surface area contributed by atoms with Crippen LogP contribution >= 0.6 is 0 Å². The Hall–Kier alpha value is -3.32. The maximum absolute atomic E-state index is 12.1. The highest BCUT2D eigenvalue weighted by Gasteiger charge is 2.32. The van der Waals surface area contributed by atoms with Crippen molar-refractivity contribution in [3.05, 3.63) is 54.4 Å². The number of hydrogen-bond acceptors (Lipinski definition) is 6. The Morgan fingerprint density at radius 3 is 2.59 bits per heavy atom. The molecule has 1 amide bonds. The van der Waals surface area contributed by atoms with Crippen LogP contribution in [0.15, 0.2) is 48.8 Å². The van der Waals surface area contributed by atoms with Crippen LogP contribution in [0.1, 0.15) is 50.5 Å². The van der Waals surface area contributed by atoms with E-state index in [1.807, 2.05) is 18.2 Å². The highest BCUT2D eigenvalue weighted by atomic mass is 16.5. The van der Waals surface area contributed by atoms with Gasteiger partial charge in [0.05, 0.1) is 5.69 Å². The summed E-state index contributed by atoms with van der Waals surface area (Å²) in [6.07, 6.45) is 11.0. The molecule has 34 heavy (non-hydrogen) atoms. The number of methoxy groups -OCH3 is 1. The molecule has 2 saturated carbocycles. The number of pyridine rings is 1. The molecule has 2 heterocycles. The van der Waals surface area contributed by atoms with Crippen LogP contribution in [0, 0.1) is 12.8 Å². The summed E-state index contributed by atoms with van der Waals surface area (Å²) in [5.41, 5.74) is 4.57. The number of rotatable bonds is 7. The molecule has 0 aliphatic heterocycles. The van der Waals surface area contributed by atoms with Crippen molar-refractivity contribution in [2.75, 3.05) is 17.7 Å². The Morgan fingerprint density at radius 1 is 1.03 bits per heavy atom. The van der Waals surface area contributed by atoms with Crippen LogP contribution in [0.2, 0.25) is 0 Å². The largest absolute Gasteiger partial charge is 0.359 e. The van der Waals surface area contributed by atoms with Gasteiger partial charge in [0.15, 0.2) is 5.82 Å². The van der Waals surface area contributed by atoms with Gasteiger partial charge >= 0.3 is 0 Å². The molecule has 3 aromatic rings. The van der Waals surface area contributed by atoms with Crippen LogP contribution in [-0.4, -0.2) is 33.7 Å². The van der Waals surface area contributed by atoms with Gasteiger partial charge in [-0.05, 0) is 81.3 Å². The van der Waals surface area contributed by atoms with Crippen molar-refractivity contribution in [3.8, 4) is 22.6 Å². The molecule has 2 N–H and O–H groups in total. The molecule has 0 radical (unpaired) electrons. The van der Waals surface area contributed by atoms with E-state index < -0.39 is 0 Å². The van der Waals surface area contributed by atoms with Crippen LogP contribution < -0.4 is 10.6 Å². The molecule has 7 heteroatoms. The molecule has 5 rings (SSSR count). The Balaban J connectivity index is 1.41. The van der Waals surface area contributed by atoms with Crippen molar-refractivity contribution >= 4 is 17.4 Å². The molecular weight excluding hydrogens is 426 g/mol. The molecule has 2 aliphatic carbocycles.